The lowest BCUT2D eigenvalue weighted by molar-refractivity contribution is -0.115. The van der Waals surface area contributed by atoms with Crippen molar-refractivity contribution in [2.45, 2.75) is 12.8 Å². The van der Waals surface area contributed by atoms with E-state index in [-0.39, 0.29) is 17.1 Å². The van der Waals surface area contributed by atoms with Crippen LogP contribution in [0, 0.1) is 0 Å². The molecule has 2 aliphatic rings. The van der Waals surface area contributed by atoms with Gasteiger partial charge in [0.2, 0.25) is 5.76 Å². The molecule has 23 heavy (non-hydrogen) atoms. The molecule has 0 saturated carbocycles. The van der Waals surface area contributed by atoms with E-state index in [0.29, 0.717) is 5.76 Å². The Hall–Kier alpha value is -3.29. The number of amides is 1. The standard InChI is InChI=1S/C15H13N3O5/c19-14(17-10-6-16-18-13(10)15(20)21)12-8-22-11(7-23-12)9-4-2-1-3-5-9/h1-2,4,6-8H,3,5H2,(H,16,18)(H,17,19)(H,20,21). The van der Waals surface area contributed by atoms with Crippen molar-refractivity contribution in [3.8, 4) is 0 Å². The fraction of sp³-hybridized carbons (Fsp3) is 0.133. The highest BCUT2D eigenvalue weighted by Gasteiger charge is 2.21. The number of carbonyl (C=O) groups is 2. The molecule has 3 N–H and O–H groups in total. The minimum atomic E-state index is -1.25. The Morgan fingerprint density at radius 2 is 2.17 bits per heavy atom. The van der Waals surface area contributed by atoms with E-state index >= 15 is 0 Å². The number of carboxylic acids is 1. The lowest BCUT2D eigenvalue weighted by Crippen LogP contribution is -2.19. The molecule has 0 atom stereocenters. The van der Waals surface area contributed by atoms with Crippen LogP contribution in [0.4, 0.5) is 5.69 Å². The molecular weight excluding hydrogens is 302 g/mol. The molecule has 0 fully saturated rings. The third-order valence-electron chi connectivity index (χ3n) is 3.23. The van der Waals surface area contributed by atoms with Crippen molar-refractivity contribution >= 4 is 17.6 Å². The van der Waals surface area contributed by atoms with Gasteiger partial charge >= 0.3 is 5.97 Å². The summed E-state index contributed by atoms with van der Waals surface area (Å²) in [7, 11) is 0. The predicted octanol–water partition coefficient (Wildman–Crippen LogP) is 2.05. The van der Waals surface area contributed by atoms with Crippen LogP contribution < -0.4 is 5.32 Å². The lowest BCUT2D eigenvalue weighted by atomic mass is 10.0. The van der Waals surface area contributed by atoms with Crippen molar-refractivity contribution in [2.75, 3.05) is 5.32 Å². The summed E-state index contributed by atoms with van der Waals surface area (Å²) in [5, 5.41) is 17.2. The Kier molecular flexibility index (Phi) is 3.96. The molecule has 1 aromatic heterocycles. The number of rotatable bonds is 4. The molecule has 1 amide bonds. The summed E-state index contributed by atoms with van der Waals surface area (Å²) < 4.78 is 10.7. The Bertz CT molecular complexity index is 770. The first-order valence-corrected chi connectivity index (χ1v) is 6.83. The van der Waals surface area contributed by atoms with E-state index < -0.39 is 11.9 Å². The van der Waals surface area contributed by atoms with Crippen molar-refractivity contribution in [1.29, 1.82) is 0 Å². The number of aromatic carboxylic acids is 1. The first-order valence-electron chi connectivity index (χ1n) is 6.83. The SMILES string of the molecule is O=C(Nc1c[nH]nc1C(=O)O)C1=COC(C2=CC=CCC2)=CO1. The number of nitrogens with zero attached hydrogens (tertiary/aromatic N) is 1. The molecule has 0 saturated heterocycles. The maximum absolute atomic E-state index is 12.0. The van der Waals surface area contributed by atoms with Crippen LogP contribution in [0.2, 0.25) is 0 Å². The van der Waals surface area contributed by atoms with Gasteiger partial charge in [-0.25, -0.2) is 4.79 Å². The van der Waals surface area contributed by atoms with Crippen LogP contribution in [-0.4, -0.2) is 27.2 Å². The van der Waals surface area contributed by atoms with Crippen LogP contribution in [0.15, 0.2) is 54.0 Å². The summed E-state index contributed by atoms with van der Waals surface area (Å²) in [5.41, 5.74) is 0.735. The monoisotopic (exact) mass is 315 g/mol. The highest BCUT2D eigenvalue weighted by atomic mass is 16.5. The van der Waals surface area contributed by atoms with E-state index in [2.05, 4.69) is 15.5 Å². The zero-order valence-electron chi connectivity index (χ0n) is 11.9. The highest BCUT2D eigenvalue weighted by Crippen LogP contribution is 2.25. The van der Waals surface area contributed by atoms with Crippen molar-refractivity contribution in [1.82, 2.24) is 10.2 Å². The fourth-order valence-electron chi connectivity index (χ4n) is 2.09. The summed E-state index contributed by atoms with van der Waals surface area (Å²) >= 11 is 0. The number of ether oxygens (including phenoxy) is 2. The first-order chi connectivity index (χ1) is 11.1. The molecule has 8 heteroatoms. The number of H-pyrrole nitrogens is 1. The second-order valence-corrected chi connectivity index (χ2v) is 4.77. The molecule has 8 nitrogen and oxygen atoms in total. The molecule has 3 rings (SSSR count). The van der Waals surface area contributed by atoms with Crippen LogP contribution in [0.1, 0.15) is 23.3 Å². The van der Waals surface area contributed by atoms with Gasteiger partial charge < -0.3 is 19.9 Å². The number of aromatic amines is 1. The van der Waals surface area contributed by atoms with E-state index in [1.54, 1.807) is 0 Å². The molecular formula is C15H13N3O5. The molecule has 118 valence electrons. The molecule has 0 aromatic carbocycles. The van der Waals surface area contributed by atoms with Crippen LogP contribution >= 0.6 is 0 Å². The third-order valence-corrected chi connectivity index (χ3v) is 3.23. The number of carboxylic acid groups (broad SMARTS) is 1. The Morgan fingerprint density at radius 3 is 2.83 bits per heavy atom. The average Bonchev–Trinajstić information content (AvgIpc) is 3.04. The molecule has 0 unspecified atom stereocenters. The van der Waals surface area contributed by atoms with E-state index in [9.17, 15) is 9.59 Å². The Labute approximate surface area is 130 Å². The average molecular weight is 315 g/mol. The van der Waals surface area contributed by atoms with Gasteiger partial charge in [-0.15, -0.1) is 0 Å². The summed E-state index contributed by atoms with van der Waals surface area (Å²) in [6, 6.07) is 0. The molecule has 0 radical (unpaired) electrons. The van der Waals surface area contributed by atoms with Crippen molar-refractivity contribution in [2.24, 2.45) is 0 Å². The molecule has 0 bridgehead atoms. The number of aromatic nitrogens is 2. The number of hydrogen-bond donors (Lipinski definition) is 3. The van der Waals surface area contributed by atoms with Crippen LogP contribution in [-0.2, 0) is 14.3 Å². The van der Waals surface area contributed by atoms with Gasteiger partial charge in [0, 0.05) is 6.20 Å². The van der Waals surface area contributed by atoms with Gasteiger partial charge in [-0.1, -0.05) is 18.2 Å². The third kappa shape index (κ3) is 3.15. The maximum atomic E-state index is 12.0. The van der Waals surface area contributed by atoms with Gasteiger partial charge in [0.25, 0.3) is 5.91 Å². The number of nitrogens with one attached hydrogen (secondary N) is 2. The minimum absolute atomic E-state index is 0.0434. The van der Waals surface area contributed by atoms with Gasteiger partial charge in [-0.2, -0.15) is 5.10 Å². The van der Waals surface area contributed by atoms with Gasteiger partial charge in [-0.3, -0.25) is 9.89 Å². The highest BCUT2D eigenvalue weighted by molar-refractivity contribution is 6.05. The minimum Gasteiger partial charge on any atom is -0.476 e. The zero-order valence-corrected chi connectivity index (χ0v) is 11.9. The number of carbonyl (C=O) groups excluding carboxylic acids is 1. The Balaban J connectivity index is 1.65. The second-order valence-electron chi connectivity index (χ2n) is 4.77. The van der Waals surface area contributed by atoms with Crippen molar-refractivity contribution in [3.05, 3.63) is 59.7 Å². The summed E-state index contributed by atoms with van der Waals surface area (Å²) in [6.45, 7) is 0. The predicted molar refractivity (Wildman–Crippen MR) is 79.0 cm³/mol. The van der Waals surface area contributed by atoms with Gasteiger partial charge in [-0.05, 0) is 18.4 Å². The smallest absolute Gasteiger partial charge is 0.358 e. The maximum Gasteiger partial charge on any atom is 0.358 e. The van der Waals surface area contributed by atoms with Crippen LogP contribution in [0.3, 0.4) is 0 Å². The Morgan fingerprint density at radius 1 is 1.30 bits per heavy atom. The molecule has 2 heterocycles. The van der Waals surface area contributed by atoms with Crippen LogP contribution in [0.25, 0.3) is 0 Å². The number of allylic oxidation sites excluding steroid dienone is 4. The molecule has 0 spiro atoms. The normalized spacial score (nSPS) is 16.4. The quantitative estimate of drug-likeness (QED) is 0.783. The van der Waals surface area contributed by atoms with Crippen LogP contribution in [0.5, 0.6) is 0 Å². The van der Waals surface area contributed by atoms with Gasteiger partial charge in [0.15, 0.2) is 11.5 Å². The summed E-state index contributed by atoms with van der Waals surface area (Å²) in [6.07, 6.45) is 11.5. The molecule has 1 aromatic rings. The molecule has 1 aliphatic heterocycles. The van der Waals surface area contributed by atoms with Gasteiger partial charge in [0.05, 0.1) is 5.69 Å². The summed E-state index contributed by atoms with van der Waals surface area (Å²) in [5.74, 6) is -1.43. The van der Waals surface area contributed by atoms with Gasteiger partial charge in [0.1, 0.15) is 12.5 Å². The van der Waals surface area contributed by atoms with E-state index in [1.165, 1.54) is 18.7 Å². The first kappa shape index (κ1) is 14.6. The molecule has 1 aliphatic carbocycles. The zero-order chi connectivity index (χ0) is 16.2. The van der Waals surface area contributed by atoms with E-state index in [1.807, 2.05) is 18.2 Å². The summed E-state index contributed by atoms with van der Waals surface area (Å²) in [4.78, 5) is 23.0. The van der Waals surface area contributed by atoms with Crippen molar-refractivity contribution in [3.63, 3.8) is 0 Å². The van der Waals surface area contributed by atoms with E-state index in [4.69, 9.17) is 14.6 Å². The second kappa shape index (κ2) is 6.22. The van der Waals surface area contributed by atoms with Crippen molar-refractivity contribution < 1.29 is 24.2 Å². The fourth-order valence-corrected chi connectivity index (χ4v) is 2.09. The number of anilines is 1. The number of hydrogen-bond acceptors (Lipinski definition) is 5. The largest absolute Gasteiger partial charge is 0.476 e. The lowest BCUT2D eigenvalue weighted by Gasteiger charge is -2.17. The van der Waals surface area contributed by atoms with E-state index in [0.717, 1.165) is 18.4 Å². The topological polar surface area (TPSA) is 114 Å².